The Bertz CT molecular complexity index is 330. The van der Waals surface area contributed by atoms with Crippen molar-refractivity contribution in [2.45, 2.75) is 39.8 Å². The number of hydrogen-bond donors (Lipinski definition) is 2. The molecule has 19 heavy (non-hydrogen) atoms. The van der Waals surface area contributed by atoms with E-state index in [0.717, 1.165) is 0 Å². The summed E-state index contributed by atoms with van der Waals surface area (Å²) in [5.41, 5.74) is 0. The molecule has 0 radical (unpaired) electrons. The predicted molar refractivity (Wildman–Crippen MR) is 68.6 cm³/mol. The number of carbonyl (C=O) groups is 3. The third-order valence-electron chi connectivity index (χ3n) is 2.32. The maximum atomic E-state index is 11.8. The zero-order chi connectivity index (χ0) is 15.0. The summed E-state index contributed by atoms with van der Waals surface area (Å²) in [6.07, 6.45) is -1.05. The van der Waals surface area contributed by atoms with Crippen molar-refractivity contribution in [1.29, 1.82) is 0 Å². The molecule has 0 aromatic carbocycles. The molecular weight excluding hydrogens is 252 g/mol. The molecule has 0 rings (SSSR count). The lowest BCUT2D eigenvalue weighted by Crippen LogP contribution is -2.44. The minimum Gasteiger partial charge on any atom is -0.479 e. The molecule has 0 fully saturated rings. The van der Waals surface area contributed by atoms with Crippen LogP contribution in [0, 0.1) is 0 Å². The van der Waals surface area contributed by atoms with Crippen molar-refractivity contribution in [3.05, 3.63) is 0 Å². The molecule has 0 aliphatic heterocycles. The summed E-state index contributed by atoms with van der Waals surface area (Å²) in [4.78, 5) is 35.1. The second kappa shape index (κ2) is 8.47. The van der Waals surface area contributed by atoms with E-state index in [2.05, 4.69) is 5.32 Å². The number of nitrogens with zero attached hydrogens (tertiary/aromatic N) is 1. The molecule has 2 N–H and O–H groups in total. The number of rotatable bonds is 8. The molecule has 2 amide bonds. The summed E-state index contributed by atoms with van der Waals surface area (Å²) in [5.74, 6) is -1.79. The zero-order valence-corrected chi connectivity index (χ0v) is 11.8. The van der Waals surface area contributed by atoms with Crippen LogP contribution in [-0.4, -0.2) is 59.6 Å². The van der Waals surface area contributed by atoms with Crippen LogP contribution in [0.5, 0.6) is 0 Å². The van der Waals surface area contributed by atoms with Crippen LogP contribution in [0.25, 0.3) is 0 Å². The van der Waals surface area contributed by atoms with Gasteiger partial charge in [-0.15, -0.1) is 0 Å². The Labute approximate surface area is 112 Å². The summed E-state index contributed by atoms with van der Waals surface area (Å²) in [6.45, 7) is 6.68. The molecule has 0 aliphatic carbocycles. The van der Waals surface area contributed by atoms with E-state index in [9.17, 15) is 14.4 Å². The molecular formula is C12H22N2O5. The quantitative estimate of drug-likeness (QED) is 0.641. The van der Waals surface area contributed by atoms with Crippen molar-refractivity contribution in [2.24, 2.45) is 0 Å². The molecule has 0 aromatic rings. The van der Waals surface area contributed by atoms with Crippen molar-refractivity contribution >= 4 is 17.8 Å². The van der Waals surface area contributed by atoms with Gasteiger partial charge in [0, 0.05) is 12.6 Å². The summed E-state index contributed by atoms with van der Waals surface area (Å²) in [6, 6.07) is 0.00425. The number of carboxylic acids is 1. The lowest BCUT2D eigenvalue weighted by atomic mass is 10.3. The second-order valence-electron chi connectivity index (χ2n) is 4.42. The fourth-order valence-electron chi connectivity index (χ4n) is 1.28. The van der Waals surface area contributed by atoms with E-state index in [1.54, 1.807) is 6.92 Å². The van der Waals surface area contributed by atoms with E-state index in [0.29, 0.717) is 6.54 Å². The van der Waals surface area contributed by atoms with E-state index in [1.165, 1.54) is 11.8 Å². The van der Waals surface area contributed by atoms with E-state index < -0.39 is 18.0 Å². The Balaban J connectivity index is 4.25. The number of amides is 2. The first kappa shape index (κ1) is 17.4. The standard InChI is InChI=1S/C12H22N2O5/c1-5-14(6-10(15)13-8(2)3)11(16)7-19-9(4)12(17)18/h8-9H,5-7H2,1-4H3,(H,13,15)(H,17,18). The second-order valence-corrected chi connectivity index (χ2v) is 4.42. The zero-order valence-electron chi connectivity index (χ0n) is 11.8. The molecule has 0 saturated carbocycles. The van der Waals surface area contributed by atoms with Crippen LogP contribution in [-0.2, 0) is 19.1 Å². The highest BCUT2D eigenvalue weighted by Crippen LogP contribution is 1.96. The Kier molecular flexibility index (Phi) is 7.74. The number of carboxylic acid groups (broad SMARTS) is 1. The summed E-state index contributed by atoms with van der Waals surface area (Å²) < 4.78 is 4.89. The molecule has 0 saturated heterocycles. The minimum atomic E-state index is -1.13. The van der Waals surface area contributed by atoms with Crippen molar-refractivity contribution in [2.75, 3.05) is 19.7 Å². The highest BCUT2D eigenvalue weighted by atomic mass is 16.5. The van der Waals surface area contributed by atoms with Crippen molar-refractivity contribution < 1.29 is 24.2 Å². The SMILES string of the molecule is CCN(CC(=O)NC(C)C)C(=O)COC(C)C(=O)O. The average Bonchev–Trinajstić information content (AvgIpc) is 2.31. The van der Waals surface area contributed by atoms with E-state index in [-0.39, 0.29) is 25.1 Å². The summed E-state index contributed by atoms with van der Waals surface area (Å²) >= 11 is 0. The highest BCUT2D eigenvalue weighted by molar-refractivity contribution is 5.85. The molecule has 0 aromatic heterocycles. The topological polar surface area (TPSA) is 95.9 Å². The van der Waals surface area contributed by atoms with Crippen molar-refractivity contribution in [1.82, 2.24) is 10.2 Å². The van der Waals surface area contributed by atoms with Crippen molar-refractivity contribution in [3.63, 3.8) is 0 Å². The van der Waals surface area contributed by atoms with Gasteiger partial charge in [-0.1, -0.05) is 0 Å². The highest BCUT2D eigenvalue weighted by Gasteiger charge is 2.19. The maximum absolute atomic E-state index is 11.8. The monoisotopic (exact) mass is 274 g/mol. The number of ether oxygens (including phenoxy) is 1. The first-order valence-electron chi connectivity index (χ1n) is 6.19. The van der Waals surface area contributed by atoms with Gasteiger partial charge >= 0.3 is 5.97 Å². The Morgan fingerprint density at radius 2 is 1.84 bits per heavy atom. The smallest absolute Gasteiger partial charge is 0.332 e. The third kappa shape index (κ3) is 7.40. The van der Waals surface area contributed by atoms with Gasteiger partial charge in [0.15, 0.2) is 6.10 Å². The molecule has 0 heterocycles. The summed E-state index contributed by atoms with van der Waals surface area (Å²) in [7, 11) is 0. The number of aliphatic carboxylic acids is 1. The van der Waals surface area contributed by atoms with Crippen LogP contribution in [0.3, 0.4) is 0 Å². The van der Waals surface area contributed by atoms with Gasteiger partial charge in [-0.05, 0) is 27.7 Å². The largest absolute Gasteiger partial charge is 0.479 e. The normalized spacial score (nSPS) is 12.1. The fraction of sp³-hybridized carbons (Fsp3) is 0.750. The van der Waals surface area contributed by atoms with Gasteiger partial charge in [-0.3, -0.25) is 9.59 Å². The van der Waals surface area contributed by atoms with Crippen LogP contribution in [0.15, 0.2) is 0 Å². The van der Waals surface area contributed by atoms with Gasteiger partial charge in [0.25, 0.3) is 0 Å². The van der Waals surface area contributed by atoms with Crippen LogP contribution in [0.2, 0.25) is 0 Å². The predicted octanol–water partition coefficient (Wildman–Crippen LogP) is -0.151. The number of carbonyl (C=O) groups excluding carboxylic acids is 2. The molecule has 0 aliphatic rings. The van der Waals surface area contributed by atoms with Gasteiger partial charge in [-0.2, -0.15) is 0 Å². The average molecular weight is 274 g/mol. The first-order chi connectivity index (χ1) is 8.77. The Morgan fingerprint density at radius 1 is 1.26 bits per heavy atom. The van der Waals surface area contributed by atoms with Gasteiger partial charge in [0.1, 0.15) is 6.61 Å². The van der Waals surface area contributed by atoms with E-state index in [1.807, 2.05) is 13.8 Å². The molecule has 0 spiro atoms. The fourth-order valence-corrected chi connectivity index (χ4v) is 1.28. The Morgan fingerprint density at radius 3 is 2.26 bits per heavy atom. The number of nitrogens with one attached hydrogen (secondary N) is 1. The third-order valence-corrected chi connectivity index (χ3v) is 2.32. The van der Waals surface area contributed by atoms with E-state index in [4.69, 9.17) is 9.84 Å². The number of hydrogen-bond acceptors (Lipinski definition) is 4. The minimum absolute atomic E-state index is 0.00425. The molecule has 110 valence electrons. The van der Waals surface area contributed by atoms with Crippen LogP contribution < -0.4 is 5.32 Å². The van der Waals surface area contributed by atoms with Gasteiger partial charge in [-0.25, -0.2) is 4.79 Å². The molecule has 7 nitrogen and oxygen atoms in total. The van der Waals surface area contributed by atoms with Crippen molar-refractivity contribution in [3.8, 4) is 0 Å². The molecule has 7 heteroatoms. The van der Waals surface area contributed by atoms with Gasteiger partial charge < -0.3 is 20.1 Å². The number of likely N-dealkylation sites (N-methyl/N-ethyl adjacent to an activating group) is 1. The lowest BCUT2D eigenvalue weighted by Gasteiger charge is -2.21. The summed E-state index contributed by atoms with van der Waals surface area (Å²) in [5, 5.41) is 11.3. The molecule has 1 unspecified atom stereocenters. The maximum Gasteiger partial charge on any atom is 0.332 e. The van der Waals surface area contributed by atoms with Crippen LogP contribution in [0.1, 0.15) is 27.7 Å². The van der Waals surface area contributed by atoms with Crippen LogP contribution in [0.4, 0.5) is 0 Å². The first-order valence-corrected chi connectivity index (χ1v) is 6.19. The van der Waals surface area contributed by atoms with Crippen LogP contribution >= 0.6 is 0 Å². The van der Waals surface area contributed by atoms with E-state index >= 15 is 0 Å². The Hall–Kier alpha value is -1.63. The van der Waals surface area contributed by atoms with Gasteiger partial charge in [0.05, 0.1) is 6.54 Å². The molecule has 1 atom stereocenters. The van der Waals surface area contributed by atoms with Gasteiger partial charge in [0.2, 0.25) is 11.8 Å². The molecule has 0 bridgehead atoms. The lowest BCUT2D eigenvalue weighted by molar-refractivity contribution is -0.153.